The Bertz CT molecular complexity index is 454. The van der Waals surface area contributed by atoms with Gasteiger partial charge in [0.05, 0.1) is 18.5 Å². The first-order valence-electron chi connectivity index (χ1n) is 5.96. The summed E-state index contributed by atoms with van der Waals surface area (Å²) in [5, 5.41) is 0.326. The third-order valence-electron chi connectivity index (χ3n) is 2.75. The van der Waals surface area contributed by atoms with E-state index in [1.165, 1.54) is 12.3 Å². The van der Waals surface area contributed by atoms with Crippen molar-refractivity contribution in [2.45, 2.75) is 17.7 Å². The van der Waals surface area contributed by atoms with Crippen molar-refractivity contribution in [2.75, 3.05) is 19.5 Å². The van der Waals surface area contributed by atoms with Gasteiger partial charge in [-0.25, -0.2) is 0 Å². The standard InChI is InChI=1S/C13H14F3NO2S/c1-20-10-7-18-12(19-8-10)5-3-9-2-4-11(17-6-9)13(14,15)16/h2-6,10,12H,7-8H2,1H3/b5-3+. The predicted molar refractivity (Wildman–Crippen MR) is 71.3 cm³/mol. The van der Waals surface area contributed by atoms with Gasteiger partial charge in [-0.1, -0.05) is 12.1 Å². The fourth-order valence-corrected chi connectivity index (χ4v) is 2.04. The average molecular weight is 305 g/mol. The van der Waals surface area contributed by atoms with E-state index >= 15 is 0 Å². The predicted octanol–water partition coefficient (Wildman–Crippen LogP) is 3.22. The highest BCUT2D eigenvalue weighted by Gasteiger charge is 2.31. The summed E-state index contributed by atoms with van der Waals surface area (Å²) < 4.78 is 47.9. The molecule has 0 aliphatic carbocycles. The Balaban J connectivity index is 1.92. The summed E-state index contributed by atoms with van der Waals surface area (Å²) in [5.41, 5.74) is -0.334. The Morgan fingerprint density at radius 1 is 1.30 bits per heavy atom. The van der Waals surface area contributed by atoms with Gasteiger partial charge in [0.1, 0.15) is 5.69 Å². The number of rotatable bonds is 3. The third kappa shape index (κ3) is 4.22. The minimum absolute atomic E-state index is 0.326. The molecule has 20 heavy (non-hydrogen) atoms. The van der Waals surface area contributed by atoms with Crippen LogP contribution in [0.5, 0.6) is 0 Å². The average Bonchev–Trinajstić information content (AvgIpc) is 2.45. The fourth-order valence-electron chi connectivity index (χ4n) is 1.61. The highest BCUT2D eigenvalue weighted by molar-refractivity contribution is 7.99. The van der Waals surface area contributed by atoms with E-state index in [0.29, 0.717) is 24.0 Å². The number of ether oxygens (including phenoxy) is 2. The van der Waals surface area contributed by atoms with Crippen molar-refractivity contribution < 1.29 is 22.6 Å². The van der Waals surface area contributed by atoms with Crippen LogP contribution >= 0.6 is 11.8 Å². The molecule has 2 heterocycles. The first-order chi connectivity index (χ1) is 9.49. The highest BCUT2D eigenvalue weighted by atomic mass is 32.2. The zero-order chi connectivity index (χ0) is 14.6. The monoisotopic (exact) mass is 305 g/mol. The summed E-state index contributed by atoms with van der Waals surface area (Å²) in [6, 6.07) is 2.31. The van der Waals surface area contributed by atoms with E-state index in [2.05, 4.69) is 4.98 Å². The lowest BCUT2D eigenvalue weighted by Crippen LogP contribution is -2.32. The van der Waals surface area contributed by atoms with Gasteiger partial charge in [-0.2, -0.15) is 24.9 Å². The Labute approximate surface area is 119 Å². The van der Waals surface area contributed by atoms with Gasteiger partial charge in [0, 0.05) is 6.20 Å². The number of pyridine rings is 1. The number of hydrogen-bond acceptors (Lipinski definition) is 4. The quantitative estimate of drug-likeness (QED) is 0.858. The van der Waals surface area contributed by atoms with Gasteiger partial charge in [0.15, 0.2) is 6.29 Å². The summed E-state index contributed by atoms with van der Waals surface area (Å²) in [7, 11) is 0. The highest BCUT2D eigenvalue weighted by Crippen LogP contribution is 2.27. The summed E-state index contributed by atoms with van der Waals surface area (Å²) in [6.07, 6.45) is 1.59. The van der Waals surface area contributed by atoms with E-state index in [4.69, 9.17) is 9.47 Å². The summed E-state index contributed by atoms with van der Waals surface area (Å²) in [4.78, 5) is 3.38. The minimum Gasteiger partial charge on any atom is -0.348 e. The van der Waals surface area contributed by atoms with Gasteiger partial charge in [-0.3, -0.25) is 4.98 Å². The van der Waals surface area contributed by atoms with Gasteiger partial charge in [-0.05, 0) is 24.0 Å². The molecule has 0 unspecified atom stereocenters. The van der Waals surface area contributed by atoms with Crippen LogP contribution in [0.4, 0.5) is 13.2 Å². The van der Waals surface area contributed by atoms with Crippen molar-refractivity contribution in [3.8, 4) is 0 Å². The minimum atomic E-state index is -4.41. The molecule has 0 radical (unpaired) electrons. The van der Waals surface area contributed by atoms with Crippen LogP contribution in [0.1, 0.15) is 11.3 Å². The maximum Gasteiger partial charge on any atom is 0.433 e. The molecule has 0 amide bonds. The molecule has 1 aliphatic heterocycles. The van der Waals surface area contributed by atoms with Crippen molar-refractivity contribution >= 4 is 17.8 Å². The molecule has 0 saturated carbocycles. The molecule has 1 fully saturated rings. The molecule has 1 aromatic rings. The van der Waals surface area contributed by atoms with Crippen molar-refractivity contribution in [1.29, 1.82) is 0 Å². The summed E-state index contributed by atoms with van der Waals surface area (Å²) in [6.45, 7) is 1.20. The van der Waals surface area contributed by atoms with E-state index in [1.54, 1.807) is 23.9 Å². The zero-order valence-corrected chi connectivity index (χ0v) is 11.6. The third-order valence-corrected chi connectivity index (χ3v) is 3.69. The van der Waals surface area contributed by atoms with Crippen LogP contribution in [-0.2, 0) is 15.7 Å². The molecule has 7 heteroatoms. The Morgan fingerprint density at radius 2 is 2.00 bits per heavy atom. The van der Waals surface area contributed by atoms with Gasteiger partial charge in [-0.15, -0.1) is 0 Å². The second kappa shape index (κ2) is 6.60. The topological polar surface area (TPSA) is 31.4 Å². The van der Waals surface area contributed by atoms with Crippen molar-refractivity contribution in [3.63, 3.8) is 0 Å². The molecular weight excluding hydrogens is 291 g/mol. The SMILES string of the molecule is CSC1COC(/C=C/c2ccc(C(F)(F)F)nc2)OC1. The van der Waals surface area contributed by atoms with E-state index in [9.17, 15) is 13.2 Å². The lowest BCUT2D eigenvalue weighted by atomic mass is 10.2. The van der Waals surface area contributed by atoms with E-state index in [1.807, 2.05) is 6.26 Å². The van der Waals surface area contributed by atoms with Crippen molar-refractivity contribution in [3.05, 3.63) is 35.7 Å². The Morgan fingerprint density at radius 3 is 2.50 bits per heavy atom. The Kier molecular flexibility index (Phi) is 5.06. The second-order valence-electron chi connectivity index (χ2n) is 4.23. The summed E-state index contributed by atoms with van der Waals surface area (Å²) in [5.74, 6) is 0. The lowest BCUT2D eigenvalue weighted by Gasteiger charge is -2.26. The lowest BCUT2D eigenvalue weighted by molar-refractivity contribution is -0.146. The van der Waals surface area contributed by atoms with Gasteiger partial charge < -0.3 is 9.47 Å². The van der Waals surface area contributed by atoms with E-state index < -0.39 is 18.2 Å². The van der Waals surface area contributed by atoms with Crippen LogP contribution in [-0.4, -0.2) is 36.0 Å². The van der Waals surface area contributed by atoms with E-state index in [-0.39, 0.29) is 0 Å². The maximum atomic E-state index is 12.3. The first kappa shape index (κ1) is 15.3. The maximum absolute atomic E-state index is 12.3. The zero-order valence-electron chi connectivity index (χ0n) is 10.8. The molecule has 1 aromatic heterocycles. The van der Waals surface area contributed by atoms with Gasteiger partial charge >= 0.3 is 6.18 Å². The fraction of sp³-hybridized carbons (Fsp3) is 0.462. The molecule has 110 valence electrons. The number of alkyl halides is 3. The van der Waals surface area contributed by atoms with Crippen LogP contribution in [0.15, 0.2) is 24.4 Å². The van der Waals surface area contributed by atoms with Gasteiger partial charge in [0.2, 0.25) is 0 Å². The van der Waals surface area contributed by atoms with Gasteiger partial charge in [0.25, 0.3) is 0 Å². The molecule has 1 saturated heterocycles. The van der Waals surface area contributed by atoms with Crippen LogP contribution < -0.4 is 0 Å². The molecule has 1 aliphatic rings. The number of hydrogen-bond donors (Lipinski definition) is 0. The van der Waals surface area contributed by atoms with Crippen LogP contribution in [0, 0.1) is 0 Å². The number of nitrogens with zero attached hydrogens (tertiary/aromatic N) is 1. The Hall–Kier alpha value is -1.05. The molecular formula is C13H14F3NO2S. The number of halogens is 3. The number of aromatic nitrogens is 1. The number of thioether (sulfide) groups is 1. The van der Waals surface area contributed by atoms with Crippen molar-refractivity contribution in [2.24, 2.45) is 0 Å². The second-order valence-corrected chi connectivity index (χ2v) is 5.36. The first-order valence-corrected chi connectivity index (χ1v) is 7.25. The van der Waals surface area contributed by atoms with E-state index in [0.717, 1.165) is 6.07 Å². The molecule has 0 bridgehead atoms. The molecule has 0 N–H and O–H groups in total. The van der Waals surface area contributed by atoms with Crippen LogP contribution in [0.2, 0.25) is 0 Å². The molecule has 0 atom stereocenters. The smallest absolute Gasteiger partial charge is 0.348 e. The normalized spacial score (nSPS) is 24.2. The molecule has 2 rings (SSSR count). The summed E-state index contributed by atoms with van der Waals surface area (Å²) >= 11 is 1.68. The van der Waals surface area contributed by atoms with Crippen LogP contribution in [0.3, 0.4) is 0 Å². The van der Waals surface area contributed by atoms with Crippen molar-refractivity contribution in [1.82, 2.24) is 4.98 Å². The molecule has 0 aromatic carbocycles. The van der Waals surface area contributed by atoms with Crippen LogP contribution in [0.25, 0.3) is 6.08 Å². The molecule has 0 spiro atoms. The largest absolute Gasteiger partial charge is 0.433 e. The molecule has 3 nitrogen and oxygen atoms in total.